The van der Waals surface area contributed by atoms with Gasteiger partial charge in [0.25, 0.3) is 0 Å². The highest BCUT2D eigenvalue weighted by molar-refractivity contribution is 6.82. The van der Waals surface area contributed by atoms with E-state index in [-0.39, 0.29) is 6.09 Å². The first-order valence-corrected chi connectivity index (χ1v) is 6.75. The molecule has 11 heavy (non-hydrogen) atoms. The molecule has 0 radical (unpaired) electrons. The largest absolute Gasteiger partial charge is 0.453 e. The fourth-order valence-corrected chi connectivity index (χ4v) is 1.19. The first-order valence-electron chi connectivity index (χ1n) is 3.47. The Bertz CT molecular complexity index is 157. The number of nitrogens with one attached hydrogen (secondary N) is 1. The van der Waals surface area contributed by atoms with E-state index < -0.39 is 8.07 Å². The van der Waals surface area contributed by atoms with Crippen LogP contribution >= 0.6 is 0 Å². The van der Waals surface area contributed by atoms with Gasteiger partial charge in [-0.3, -0.25) is 0 Å². The van der Waals surface area contributed by atoms with Crippen LogP contribution in [-0.4, -0.2) is 27.4 Å². The molecule has 0 aliphatic rings. The van der Waals surface area contributed by atoms with Gasteiger partial charge in [-0.1, -0.05) is 13.1 Å². The molecule has 0 atom stereocenters. The second-order valence-corrected chi connectivity index (χ2v) is 7.78. The van der Waals surface area contributed by atoms with Gasteiger partial charge in [-0.2, -0.15) is 0 Å². The van der Waals surface area contributed by atoms with Gasteiger partial charge in [0, 0.05) is 6.17 Å². The summed E-state index contributed by atoms with van der Waals surface area (Å²) in [6, 6.07) is 0. The predicted octanol–water partition coefficient (Wildman–Crippen LogP) is 1.32. The molecule has 0 rings (SSSR count). The van der Waals surface area contributed by atoms with Crippen molar-refractivity contribution in [1.29, 1.82) is 0 Å². The summed E-state index contributed by atoms with van der Waals surface area (Å²) < 4.78 is 4.43. The van der Waals surface area contributed by atoms with Crippen LogP contribution in [0.4, 0.5) is 4.79 Å². The molecule has 0 saturated heterocycles. The van der Waals surface area contributed by atoms with Crippen LogP contribution < -0.4 is 5.32 Å². The lowest BCUT2D eigenvalue weighted by Crippen LogP contribution is -2.40. The van der Waals surface area contributed by atoms with E-state index in [1.165, 1.54) is 7.11 Å². The van der Waals surface area contributed by atoms with Crippen LogP contribution in [0.5, 0.6) is 0 Å². The third-order valence-electron chi connectivity index (χ3n) is 1.43. The number of alkyl carbamates (subject to hydrolysis) is 1. The van der Waals surface area contributed by atoms with Gasteiger partial charge in [0.1, 0.15) is 0 Å². The molecule has 0 aliphatic carbocycles. The van der Waals surface area contributed by atoms with E-state index in [4.69, 9.17) is 0 Å². The average Bonchev–Trinajstić information content (AvgIpc) is 2.00. The van der Waals surface area contributed by atoms with Gasteiger partial charge in [-0.15, -0.1) is 12.3 Å². The second kappa shape index (κ2) is 4.18. The predicted molar refractivity (Wildman–Crippen MR) is 48.1 cm³/mol. The second-order valence-electron chi connectivity index (χ2n) is 3.04. The maximum atomic E-state index is 10.6. The number of carbonyl (C=O) groups is 1. The Balaban J connectivity index is 3.69. The van der Waals surface area contributed by atoms with Crippen molar-refractivity contribution in [1.82, 2.24) is 5.32 Å². The fourth-order valence-electron chi connectivity index (χ4n) is 0.444. The summed E-state index contributed by atoms with van der Waals surface area (Å²) in [6.45, 7) is 7.95. The monoisotopic (exact) mass is 173 g/mol. The number of rotatable bonds is 3. The van der Waals surface area contributed by atoms with Crippen molar-refractivity contribution >= 4 is 14.2 Å². The van der Waals surface area contributed by atoms with Crippen LogP contribution in [0.3, 0.4) is 0 Å². The van der Waals surface area contributed by atoms with Gasteiger partial charge in [0.15, 0.2) is 0 Å². The van der Waals surface area contributed by atoms with Gasteiger partial charge >= 0.3 is 6.09 Å². The minimum atomic E-state index is -1.40. The van der Waals surface area contributed by atoms with Crippen LogP contribution in [-0.2, 0) is 4.74 Å². The van der Waals surface area contributed by atoms with E-state index in [9.17, 15) is 4.79 Å². The Morgan fingerprint density at radius 1 is 1.73 bits per heavy atom. The Morgan fingerprint density at radius 3 is 2.64 bits per heavy atom. The molecule has 0 aromatic carbocycles. The molecule has 0 aromatic rings. The third kappa shape index (κ3) is 4.61. The topological polar surface area (TPSA) is 38.3 Å². The number of ether oxygens (including phenoxy) is 1. The van der Waals surface area contributed by atoms with Crippen molar-refractivity contribution in [3.8, 4) is 0 Å². The lowest BCUT2D eigenvalue weighted by atomic mass is 11.1. The molecule has 0 unspecified atom stereocenters. The normalized spacial score (nSPS) is 10.5. The van der Waals surface area contributed by atoms with Crippen molar-refractivity contribution < 1.29 is 9.53 Å². The Hall–Kier alpha value is -0.773. The lowest BCUT2D eigenvalue weighted by Gasteiger charge is -2.16. The van der Waals surface area contributed by atoms with Crippen LogP contribution in [0.2, 0.25) is 13.1 Å². The molecule has 0 bridgehead atoms. The first kappa shape index (κ1) is 10.2. The molecule has 64 valence electrons. The maximum Gasteiger partial charge on any atom is 0.406 e. The zero-order valence-corrected chi connectivity index (χ0v) is 8.31. The van der Waals surface area contributed by atoms with Crippen molar-refractivity contribution in [3.05, 3.63) is 12.3 Å². The van der Waals surface area contributed by atoms with Crippen LogP contribution in [0, 0.1) is 0 Å². The third-order valence-corrected chi connectivity index (χ3v) is 3.62. The number of amides is 1. The van der Waals surface area contributed by atoms with Gasteiger partial charge < -0.3 is 10.1 Å². The molecule has 0 spiro atoms. The van der Waals surface area contributed by atoms with E-state index in [0.29, 0.717) is 6.17 Å². The van der Waals surface area contributed by atoms with Gasteiger partial charge in [0.05, 0.1) is 15.2 Å². The molecule has 1 N–H and O–H groups in total. The maximum absolute atomic E-state index is 10.6. The quantitative estimate of drug-likeness (QED) is 0.654. The first-order chi connectivity index (χ1) is 5.02. The van der Waals surface area contributed by atoms with Crippen molar-refractivity contribution in [2.45, 2.75) is 13.1 Å². The minimum Gasteiger partial charge on any atom is -0.453 e. The Morgan fingerprint density at radius 2 is 2.27 bits per heavy atom. The zero-order valence-electron chi connectivity index (χ0n) is 7.31. The number of hydrogen-bond donors (Lipinski definition) is 1. The van der Waals surface area contributed by atoms with E-state index in [1.54, 1.807) is 0 Å². The Labute approximate surface area is 68.4 Å². The summed E-state index contributed by atoms with van der Waals surface area (Å²) in [7, 11) is -0.0454. The van der Waals surface area contributed by atoms with E-state index in [0.717, 1.165) is 0 Å². The highest BCUT2D eigenvalue weighted by Gasteiger charge is 2.16. The zero-order chi connectivity index (χ0) is 8.91. The smallest absolute Gasteiger partial charge is 0.406 e. The molecule has 0 aliphatic heterocycles. The molecule has 4 heteroatoms. The Kier molecular flexibility index (Phi) is 3.88. The van der Waals surface area contributed by atoms with E-state index in [2.05, 4.69) is 29.7 Å². The molecular formula is C7H15NO2Si. The van der Waals surface area contributed by atoms with E-state index >= 15 is 0 Å². The average molecular weight is 173 g/mol. The van der Waals surface area contributed by atoms with Gasteiger partial charge in [0.2, 0.25) is 0 Å². The molecule has 0 saturated carbocycles. The minimum absolute atomic E-state index is 0.368. The summed E-state index contributed by atoms with van der Waals surface area (Å²) in [5.41, 5.74) is 1.93. The van der Waals surface area contributed by atoms with Crippen molar-refractivity contribution in [2.24, 2.45) is 0 Å². The fraction of sp³-hybridized carbons (Fsp3) is 0.571. The molecule has 1 amide bonds. The molecule has 0 aromatic heterocycles. The molecule has 3 nitrogen and oxygen atoms in total. The standard InChI is InChI=1S/C7H15NO2Si/c1-5-11(3,4)6-8-7(9)10-2/h5H,1,6H2,2-4H3,(H,8,9). The van der Waals surface area contributed by atoms with E-state index in [1.807, 2.05) is 5.70 Å². The summed E-state index contributed by atoms with van der Waals surface area (Å²) >= 11 is 0. The SMILES string of the molecule is C=C[Si](C)(C)CNC(=O)OC. The van der Waals surface area contributed by atoms with Gasteiger partial charge in [-0.25, -0.2) is 4.79 Å². The molecule has 0 fully saturated rings. The summed E-state index contributed by atoms with van der Waals surface area (Å²) in [4.78, 5) is 10.6. The number of methoxy groups -OCH3 is 1. The van der Waals surface area contributed by atoms with Crippen molar-refractivity contribution in [2.75, 3.05) is 13.3 Å². The highest BCUT2D eigenvalue weighted by Crippen LogP contribution is 1.99. The van der Waals surface area contributed by atoms with Gasteiger partial charge in [-0.05, 0) is 0 Å². The van der Waals surface area contributed by atoms with Crippen LogP contribution in [0.25, 0.3) is 0 Å². The molecular weight excluding hydrogens is 158 g/mol. The highest BCUT2D eigenvalue weighted by atomic mass is 28.3. The molecule has 0 heterocycles. The lowest BCUT2D eigenvalue weighted by molar-refractivity contribution is 0.172. The van der Waals surface area contributed by atoms with Crippen LogP contribution in [0.15, 0.2) is 12.3 Å². The number of carbonyl (C=O) groups excluding carboxylic acids is 1. The summed E-state index contributed by atoms with van der Waals surface area (Å²) in [5, 5.41) is 2.65. The van der Waals surface area contributed by atoms with Crippen LogP contribution in [0.1, 0.15) is 0 Å². The van der Waals surface area contributed by atoms with Crippen molar-refractivity contribution in [3.63, 3.8) is 0 Å². The summed E-state index contributed by atoms with van der Waals surface area (Å²) in [5.74, 6) is 0. The summed E-state index contributed by atoms with van der Waals surface area (Å²) in [6.07, 6.45) is 0.316. The number of hydrogen-bond acceptors (Lipinski definition) is 2.